The number of nitrogens with zero attached hydrogens (tertiary/aromatic N) is 1. The monoisotopic (exact) mass is 354 g/mol. The van der Waals surface area contributed by atoms with Gasteiger partial charge in [-0.05, 0) is 24.6 Å². The Labute approximate surface area is 143 Å². The average Bonchev–Trinajstić information content (AvgIpc) is 2.54. The summed E-state index contributed by atoms with van der Waals surface area (Å²) in [5, 5.41) is 2.58. The predicted octanol–water partition coefficient (Wildman–Crippen LogP) is 4.75. The summed E-state index contributed by atoms with van der Waals surface area (Å²) < 4.78 is 52.8. The van der Waals surface area contributed by atoms with Gasteiger partial charge >= 0.3 is 12.2 Å². The second-order valence-corrected chi connectivity index (χ2v) is 5.70. The minimum atomic E-state index is -4.49. The molecule has 134 valence electrons. The van der Waals surface area contributed by atoms with E-state index in [0.717, 1.165) is 11.0 Å². The Morgan fingerprint density at radius 3 is 2.36 bits per heavy atom. The van der Waals surface area contributed by atoms with E-state index in [-0.39, 0.29) is 12.1 Å². The number of halogens is 4. The van der Waals surface area contributed by atoms with Crippen LogP contribution in [0.5, 0.6) is 0 Å². The lowest BCUT2D eigenvalue weighted by molar-refractivity contribution is -0.138. The second-order valence-electron chi connectivity index (χ2n) is 5.70. The minimum absolute atomic E-state index is 0.00815. The zero-order valence-corrected chi connectivity index (χ0v) is 13.8. The summed E-state index contributed by atoms with van der Waals surface area (Å²) in [4.78, 5) is 13.3. The van der Waals surface area contributed by atoms with E-state index in [1.165, 1.54) is 37.4 Å². The number of urea groups is 1. The van der Waals surface area contributed by atoms with Gasteiger partial charge in [-0.25, -0.2) is 9.18 Å². The van der Waals surface area contributed by atoms with Crippen LogP contribution in [0.4, 0.5) is 22.4 Å². The van der Waals surface area contributed by atoms with Crippen molar-refractivity contribution in [3.63, 3.8) is 0 Å². The van der Waals surface area contributed by atoms with Crippen LogP contribution >= 0.6 is 0 Å². The van der Waals surface area contributed by atoms with Crippen LogP contribution in [-0.4, -0.2) is 18.0 Å². The maximum atomic E-state index is 13.7. The van der Waals surface area contributed by atoms with Gasteiger partial charge in [0.05, 0.1) is 11.6 Å². The molecule has 0 aliphatic carbocycles. The number of amides is 2. The summed E-state index contributed by atoms with van der Waals surface area (Å²) in [7, 11) is 1.39. The fourth-order valence-corrected chi connectivity index (χ4v) is 2.46. The molecule has 7 heteroatoms. The molecule has 25 heavy (non-hydrogen) atoms. The summed E-state index contributed by atoms with van der Waals surface area (Å²) in [6, 6.07) is 9.88. The molecule has 0 spiro atoms. The zero-order valence-electron chi connectivity index (χ0n) is 13.8. The quantitative estimate of drug-likeness (QED) is 0.790. The van der Waals surface area contributed by atoms with Crippen molar-refractivity contribution in [2.45, 2.75) is 25.7 Å². The Balaban J connectivity index is 2.08. The third kappa shape index (κ3) is 4.71. The van der Waals surface area contributed by atoms with Crippen LogP contribution in [0.1, 0.15) is 29.7 Å². The molecule has 1 unspecified atom stereocenters. The van der Waals surface area contributed by atoms with Gasteiger partial charge in [0.1, 0.15) is 5.82 Å². The number of nitrogens with one attached hydrogen (secondary N) is 1. The topological polar surface area (TPSA) is 32.3 Å². The lowest BCUT2D eigenvalue weighted by Gasteiger charge is -2.23. The molecule has 0 saturated carbocycles. The Morgan fingerprint density at radius 2 is 1.72 bits per heavy atom. The molecule has 0 aromatic heterocycles. The fourth-order valence-electron chi connectivity index (χ4n) is 2.46. The lowest BCUT2D eigenvalue weighted by Crippen LogP contribution is -2.38. The Kier molecular flexibility index (Phi) is 5.66. The molecule has 0 aliphatic rings. The van der Waals surface area contributed by atoms with Crippen LogP contribution in [-0.2, 0) is 12.7 Å². The van der Waals surface area contributed by atoms with Crippen LogP contribution in [0.25, 0.3) is 0 Å². The second kappa shape index (κ2) is 7.55. The molecule has 0 heterocycles. The van der Waals surface area contributed by atoms with E-state index in [1.54, 1.807) is 19.1 Å². The lowest BCUT2D eigenvalue weighted by atomic mass is 10.1. The van der Waals surface area contributed by atoms with Gasteiger partial charge in [-0.3, -0.25) is 0 Å². The van der Waals surface area contributed by atoms with Gasteiger partial charge in [-0.2, -0.15) is 13.2 Å². The maximum Gasteiger partial charge on any atom is 0.416 e. The van der Waals surface area contributed by atoms with Crippen molar-refractivity contribution < 1.29 is 22.4 Å². The van der Waals surface area contributed by atoms with Crippen LogP contribution in [0.3, 0.4) is 0 Å². The first-order valence-electron chi connectivity index (χ1n) is 7.61. The summed E-state index contributed by atoms with van der Waals surface area (Å²) in [6.07, 6.45) is -4.49. The summed E-state index contributed by atoms with van der Waals surface area (Å²) in [6.45, 7) is 1.39. The normalized spacial score (nSPS) is 12.6. The van der Waals surface area contributed by atoms with E-state index in [2.05, 4.69) is 5.32 Å². The van der Waals surface area contributed by atoms with Gasteiger partial charge in [0.15, 0.2) is 0 Å². The molecule has 2 amide bonds. The Morgan fingerprint density at radius 1 is 1.12 bits per heavy atom. The van der Waals surface area contributed by atoms with E-state index in [1.807, 2.05) is 0 Å². The van der Waals surface area contributed by atoms with Crippen molar-refractivity contribution in [3.8, 4) is 0 Å². The molecule has 3 nitrogen and oxygen atoms in total. The van der Waals surface area contributed by atoms with Gasteiger partial charge in [0.25, 0.3) is 0 Å². The highest BCUT2D eigenvalue weighted by Gasteiger charge is 2.33. The number of carbonyl (C=O) groups is 1. The van der Waals surface area contributed by atoms with Gasteiger partial charge in [0, 0.05) is 19.2 Å². The first kappa shape index (κ1) is 18.8. The third-order valence-electron chi connectivity index (χ3n) is 3.79. The molecular weight excluding hydrogens is 336 g/mol. The molecule has 2 aromatic carbocycles. The Bertz CT molecular complexity index is 746. The van der Waals surface area contributed by atoms with Crippen LogP contribution < -0.4 is 5.32 Å². The number of alkyl halides is 3. The first-order chi connectivity index (χ1) is 11.7. The summed E-state index contributed by atoms with van der Waals surface area (Å²) in [5.74, 6) is -0.458. The zero-order chi connectivity index (χ0) is 18.6. The average molecular weight is 354 g/mol. The molecule has 0 saturated heterocycles. The van der Waals surface area contributed by atoms with Crippen LogP contribution in [0.2, 0.25) is 0 Å². The molecule has 0 radical (unpaired) electrons. The standard InChI is InChI=1S/C18H18F4N2O/c1-12(14-8-4-6-10-16(14)19)23-17(25)24(2)11-13-7-3-5-9-15(13)18(20,21)22/h3-10,12H,11H2,1-2H3,(H,23,25). The van der Waals surface area contributed by atoms with Crippen LogP contribution in [0, 0.1) is 5.82 Å². The van der Waals surface area contributed by atoms with Crippen molar-refractivity contribution in [2.75, 3.05) is 7.05 Å². The van der Waals surface area contributed by atoms with E-state index < -0.39 is 29.6 Å². The van der Waals surface area contributed by atoms with E-state index in [4.69, 9.17) is 0 Å². The first-order valence-corrected chi connectivity index (χ1v) is 7.61. The molecule has 0 aliphatic heterocycles. The number of benzene rings is 2. The molecule has 2 aromatic rings. The van der Waals surface area contributed by atoms with Gasteiger partial charge < -0.3 is 10.2 Å². The third-order valence-corrected chi connectivity index (χ3v) is 3.79. The molecule has 0 fully saturated rings. The molecule has 2 rings (SSSR count). The highest BCUT2D eigenvalue weighted by Crippen LogP contribution is 2.32. The van der Waals surface area contributed by atoms with Crippen molar-refractivity contribution >= 4 is 6.03 Å². The highest BCUT2D eigenvalue weighted by molar-refractivity contribution is 5.74. The number of rotatable bonds is 4. The largest absolute Gasteiger partial charge is 0.416 e. The van der Waals surface area contributed by atoms with Crippen molar-refractivity contribution in [1.82, 2.24) is 10.2 Å². The molecule has 0 bridgehead atoms. The highest BCUT2D eigenvalue weighted by atomic mass is 19.4. The predicted molar refractivity (Wildman–Crippen MR) is 86.3 cm³/mol. The van der Waals surface area contributed by atoms with Crippen LogP contribution in [0.15, 0.2) is 48.5 Å². The minimum Gasteiger partial charge on any atom is -0.331 e. The van der Waals surface area contributed by atoms with Gasteiger partial charge in [0.2, 0.25) is 0 Å². The van der Waals surface area contributed by atoms with Gasteiger partial charge in [-0.1, -0.05) is 36.4 Å². The summed E-state index contributed by atoms with van der Waals surface area (Å²) >= 11 is 0. The van der Waals surface area contributed by atoms with E-state index in [9.17, 15) is 22.4 Å². The number of hydrogen-bond donors (Lipinski definition) is 1. The van der Waals surface area contributed by atoms with Gasteiger partial charge in [-0.15, -0.1) is 0 Å². The van der Waals surface area contributed by atoms with Crippen molar-refractivity contribution in [3.05, 3.63) is 71.0 Å². The number of hydrogen-bond acceptors (Lipinski definition) is 1. The van der Waals surface area contributed by atoms with Crippen molar-refractivity contribution in [1.29, 1.82) is 0 Å². The number of carbonyl (C=O) groups excluding carboxylic acids is 1. The van der Waals surface area contributed by atoms with Crippen molar-refractivity contribution in [2.24, 2.45) is 0 Å². The molecule has 1 N–H and O–H groups in total. The van der Waals surface area contributed by atoms with E-state index >= 15 is 0 Å². The molecule has 1 atom stereocenters. The maximum absolute atomic E-state index is 13.7. The Hall–Kier alpha value is -2.57. The van der Waals surface area contributed by atoms with E-state index in [0.29, 0.717) is 5.56 Å². The fraction of sp³-hybridized carbons (Fsp3) is 0.278. The summed E-state index contributed by atoms with van der Waals surface area (Å²) in [5.41, 5.74) is -0.483. The smallest absolute Gasteiger partial charge is 0.331 e. The molecular formula is C18H18F4N2O. The SMILES string of the molecule is CC(NC(=O)N(C)Cc1ccccc1C(F)(F)F)c1ccccc1F.